The van der Waals surface area contributed by atoms with E-state index in [1.165, 1.54) is 19.3 Å². The van der Waals surface area contributed by atoms with Crippen LogP contribution in [0.3, 0.4) is 0 Å². The second-order valence-electron chi connectivity index (χ2n) is 8.30. The summed E-state index contributed by atoms with van der Waals surface area (Å²) in [6.07, 6.45) is 20.2. The van der Waals surface area contributed by atoms with Crippen LogP contribution in [-0.4, -0.2) is 34.5 Å². The molecule has 1 aliphatic carbocycles. The SMILES string of the molecule is O=C(O)CCC/C=C/CC1C2CC[C@H](O2)[C@H]1/C=C/C(O)C1CCCCC1. The molecule has 146 valence electrons. The molecule has 3 aliphatic rings. The number of hydrogen-bond acceptors (Lipinski definition) is 3. The van der Waals surface area contributed by atoms with Gasteiger partial charge in [-0.1, -0.05) is 43.6 Å². The first kappa shape index (κ1) is 19.6. The van der Waals surface area contributed by atoms with Gasteiger partial charge < -0.3 is 14.9 Å². The molecule has 2 bridgehead atoms. The van der Waals surface area contributed by atoms with Crippen molar-refractivity contribution in [2.45, 2.75) is 88.9 Å². The number of carboxylic acids is 1. The number of unbranched alkanes of at least 4 members (excludes halogenated alkanes) is 1. The van der Waals surface area contributed by atoms with Crippen molar-refractivity contribution in [3.63, 3.8) is 0 Å². The largest absolute Gasteiger partial charge is 0.481 e. The third-order valence-electron chi connectivity index (χ3n) is 6.49. The highest BCUT2D eigenvalue weighted by molar-refractivity contribution is 5.66. The molecule has 0 aromatic carbocycles. The molecule has 0 aromatic rings. The summed E-state index contributed by atoms with van der Waals surface area (Å²) in [6.45, 7) is 0. The molecule has 26 heavy (non-hydrogen) atoms. The van der Waals surface area contributed by atoms with Crippen molar-refractivity contribution >= 4 is 5.97 Å². The van der Waals surface area contributed by atoms with Gasteiger partial charge in [0, 0.05) is 12.3 Å². The summed E-state index contributed by atoms with van der Waals surface area (Å²) in [5.74, 6) is 0.628. The standard InChI is InChI=1S/C22H34O4/c23-19(16-8-4-3-5-9-16)13-12-18-17(20-14-15-21(18)26-20)10-6-1-2-7-11-22(24)25/h1,6,12-13,16-21,23H,2-5,7-11,14-15H2,(H,24,25)/b6-1+,13-12+/t17?,18-,19?,20?,21-/m0/s1. The van der Waals surface area contributed by atoms with E-state index in [0.29, 0.717) is 36.4 Å². The highest BCUT2D eigenvalue weighted by Gasteiger charge is 2.46. The van der Waals surface area contributed by atoms with Crippen LogP contribution in [0.1, 0.15) is 70.6 Å². The fourth-order valence-electron chi connectivity index (χ4n) is 5.00. The number of rotatable bonds is 9. The molecule has 2 heterocycles. The van der Waals surface area contributed by atoms with Crippen LogP contribution in [0.2, 0.25) is 0 Å². The second kappa shape index (κ2) is 9.70. The minimum absolute atomic E-state index is 0.242. The number of aliphatic hydroxyl groups is 1. The average Bonchev–Trinajstić information content (AvgIpc) is 3.24. The fourth-order valence-corrected chi connectivity index (χ4v) is 5.00. The van der Waals surface area contributed by atoms with Gasteiger partial charge in [0.2, 0.25) is 0 Å². The number of aliphatic hydroxyl groups excluding tert-OH is 1. The van der Waals surface area contributed by atoms with Crippen LogP contribution in [-0.2, 0) is 9.53 Å². The summed E-state index contributed by atoms with van der Waals surface area (Å²) in [5.41, 5.74) is 0. The van der Waals surface area contributed by atoms with Crippen LogP contribution in [0.25, 0.3) is 0 Å². The van der Waals surface area contributed by atoms with E-state index in [1.807, 2.05) is 6.08 Å². The van der Waals surface area contributed by atoms with Gasteiger partial charge in [-0.25, -0.2) is 0 Å². The first-order valence-corrected chi connectivity index (χ1v) is 10.5. The number of carboxylic acid groups (broad SMARTS) is 1. The predicted molar refractivity (Wildman–Crippen MR) is 102 cm³/mol. The molecular formula is C22H34O4. The number of aliphatic carboxylic acids is 1. The minimum atomic E-state index is -0.721. The average molecular weight is 363 g/mol. The molecule has 3 fully saturated rings. The van der Waals surface area contributed by atoms with Gasteiger partial charge in [-0.15, -0.1) is 0 Å². The highest BCUT2D eigenvalue weighted by Crippen LogP contribution is 2.46. The van der Waals surface area contributed by atoms with Crippen molar-refractivity contribution in [2.75, 3.05) is 0 Å². The highest BCUT2D eigenvalue weighted by atomic mass is 16.5. The molecule has 2 N–H and O–H groups in total. The van der Waals surface area contributed by atoms with Crippen molar-refractivity contribution in [3.8, 4) is 0 Å². The first-order valence-electron chi connectivity index (χ1n) is 10.5. The summed E-state index contributed by atoms with van der Waals surface area (Å²) in [7, 11) is 0. The zero-order valence-electron chi connectivity index (χ0n) is 15.8. The molecule has 0 amide bonds. The predicted octanol–water partition coefficient (Wildman–Crippen LogP) is 4.48. The van der Waals surface area contributed by atoms with E-state index in [2.05, 4.69) is 18.2 Å². The molecule has 3 unspecified atom stereocenters. The lowest BCUT2D eigenvalue weighted by molar-refractivity contribution is -0.137. The smallest absolute Gasteiger partial charge is 0.303 e. The Morgan fingerprint density at radius 1 is 1.08 bits per heavy atom. The van der Waals surface area contributed by atoms with Gasteiger partial charge in [0.15, 0.2) is 0 Å². The van der Waals surface area contributed by atoms with E-state index in [1.54, 1.807) is 0 Å². The van der Waals surface area contributed by atoms with Crippen LogP contribution in [0, 0.1) is 17.8 Å². The van der Waals surface area contributed by atoms with Crippen LogP contribution in [0.5, 0.6) is 0 Å². The van der Waals surface area contributed by atoms with Crippen molar-refractivity contribution in [1.82, 2.24) is 0 Å². The maximum atomic E-state index is 10.5. The Labute approximate surface area is 157 Å². The quantitative estimate of drug-likeness (QED) is 0.469. The molecule has 1 saturated carbocycles. The molecule has 4 heteroatoms. The Bertz CT molecular complexity index is 506. The van der Waals surface area contributed by atoms with Gasteiger partial charge in [-0.3, -0.25) is 4.79 Å². The Morgan fingerprint density at radius 2 is 1.85 bits per heavy atom. The summed E-state index contributed by atoms with van der Waals surface area (Å²) in [4.78, 5) is 10.5. The summed E-state index contributed by atoms with van der Waals surface area (Å²) >= 11 is 0. The number of carbonyl (C=O) groups is 1. The Hall–Kier alpha value is -1.13. The maximum absolute atomic E-state index is 10.5. The molecule has 2 aliphatic heterocycles. The molecule has 5 atom stereocenters. The third kappa shape index (κ3) is 5.20. The van der Waals surface area contributed by atoms with Crippen molar-refractivity contribution in [3.05, 3.63) is 24.3 Å². The third-order valence-corrected chi connectivity index (χ3v) is 6.49. The van der Waals surface area contributed by atoms with Crippen molar-refractivity contribution in [2.24, 2.45) is 17.8 Å². The van der Waals surface area contributed by atoms with Crippen molar-refractivity contribution in [1.29, 1.82) is 0 Å². The summed E-state index contributed by atoms with van der Waals surface area (Å²) < 4.78 is 6.14. The first-order chi connectivity index (χ1) is 12.6. The van der Waals surface area contributed by atoms with Gasteiger partial charge in [-0.2, -0.15) is 0 Å². The molecule has 2 saturated heterocycles. The molecule has 3 rings (SSSR count). The van der Waals surface area contributed by atoms with Gasteiger partial charge in [-0.05, 0) is 56.8 Å². The van der Waals surface area contributed by atoms with Crippen molar-refractivity contribution < 1.29 is 19.7 Å². The topological polar surface area (TPSA) is 66.8 Å². The molecule has 0 spiro atoms. The van der Waals surface area contributed by atoms with E-state index >= 15 is 0 Å². The number of fused-ring (bicyclic) bond motifs is 2. The zero-order chi connectivity index (χ0) is 18.4. The number of hydrogen-bond donors (Lipinski definition) is 2. The Morgan fingerprint density at radius 3 is 2.62 bits per heavy atom. The van der Waals surface area contributed by atoms with Gasteiger partial charge >= 0.3 is 5.97 Å². The van der Waals surface area contributed by atoms with E-state index in [0.717, 1.165) is 38.5 Å². The molecular weight excluding hydrogens is 328 g/mol. The van der Waals surface area contributed by atoms with Gasteiger partial charge in [0.1, 0.15) is 0 Å². The number of allylic oxidation sites excluding steroid dienone is 2. The van der Waals surface area contributed by atoms with E-state index < -0.39 is 5.97 Å². The minimum Gasteiger partial charge on any atom is -0.481 e. The molecule has 4 nitrogen and oxygen atoms in total. The maximum Gasteiger partial charge on any atom is 0.303 e. The molecule has 0 aromatic heterocycles. The fraction of sp³-hybridized carbons (Fsp3) is 0.773. The number of ether oxygens (including phenoxy) is 1. The zero-order valence-corrected chi connectivity index (χ0v) is 15.8. The lowest BCUT2D eigenvalue weighted by atomic mass is 9.76. The molecule has 0 radical (unpaired) electrons. The second-order valence-corrected chi connectivity index (χ2v) is 8.30. The summed E-state index contributed by atoms with van der Waals surface area (Å²) in [5, 5.41) is 19.2. The van der Waals surface area contributed by atoms with Crippen LogP contribution in [0.15, 0.2) is 24.3 Å². The van der Waals surface area contributed by atoms with Gasteiger partial charge in [0.05, 0.1) is 18.3 Å². The Balaban J connectivity index is 1.49. The van der Waals surface area contributed by atoms with Crippen LogP contribution in [0.4, 0.5) is 0 Å². The normalized spacial score (nSPS) is 33.4. The van der Waals surface area contributed by atoms with Gasteiger partial charge in [0.25, 0.3) is 0 Å². The van der Waals surface area contributed by atoms with E-state index in [9.17, 15) is 9.90 Å². The van der Waals surface area contributed by atoms with E-state index in [-0.39, 0.29) is 12.5 Å². The van der Waals surface area contributed by atoms with Crippen LogP contribution >= 0.6 is 0 Å². The lowest BCUT2D eigenvalue weighted by Crippen LogP contribution is -2.26. The lowest BCUT2D eigenvalue weighted by Gasteiger charge is -2.27. The van der Waals surface area contributed by atoms with Crippen LogP contribution < -0.4 is 0 Å². The van der Waals surface area contributed by atoms with E-state index in [4.69, 9.17) is 9.84 Å². The summed E-state index contributed by atoms with van der Waals surface area (Å²) in [6, 6.07) is 0. The monoisotopic (exact) mass is 362 g/mol. The Kier molecular flexibility index (Phi) is 7.32.